The number of aryl methyl sites for hydroxylation is 1. The number of hydrogen-bond acceptors (Lipinski definition) is 3. The maximum absolute atomic E-state index is 6.32. The van der Waals surface area contributed by atoms with E-state index in [2.05, 4.69) is 49.4 Å². The maximum Gasteiger partial charge on any atom is 0.143 e. The summed E-state index contributed by atoms with van der Waals surface area (Å²) in [5, 5.41) is 1.18. The fraction of sp³-hybridized carbons (Fsp3) is 0.0909. The number of hydrogen-bond donors (Lipinski definition) is 0. The molecule has 0 N–H and O–H groups in total. The van der Waals surface area contributed by atoms with Gasteiger partial charge >= 0.3 is 0 Å². The van der Waals surface area contributed by atoms with E-state index in [9.17, 15) is 0 Å². The van der Waals surface area contributed by atoms with E-state index in [0.717, 1.165) is 33.8 Å². The van der Waals surface area contributed by atoms with Gasteiger partial charge in [-0.25, -0.2) is 0 Å². The van der Waals surface area contributed by atoms with Crippen LogP contribution in [0.3, 0.4) is 0 Å². The first-order chi connectivity index (χ1) is 12.3. The molecule has 0 bridgehead atoms. The van der Waals surface area contributed by atoms with Crippen LogP contribution in [0.4, 0.5) is 0 Å². The van der Waals surface area contributed by atoms with Gasteiger partial charge in [-0.2, -0.15) is 0 Å². The molecule has 0 amide bonds. The van der Waals surface area contributed by atoms with Gasteiger partial charge in [0, 0.05) is 31.9 Å². The zero-order valence-electron chi connectivity index (χ0n) is 14.0. The predicted octanol–water partition coefficient (Wildman–Crippen LogP) is 6.55. The van der Waals surface area contributed by atoms with Gasteiger partial charge in [0.05, 0.1) is 7.11 Å². The molecule has 0 aliphatic carbocycles. The van der Waals surface area contributed by atoms with E-state index in [0.29, 0.717) is 0 Å². The average molecular weight is 344 g/mol. The second kappa shape index (κ2) is 5.43. The minimum atomic E-state index is 0.885. The van der Waals surface area contributed by atoms with Crippen LogP contribution in [-0.4, -0.2) is 7.11 Å². The highest BCUT2D eigenvalue weighted by atomic mass is 32.2. The van der Waals surface area contributed by atoms with E-state index < -0.39 is 0 Å². The molecule has 2 nitrogen and oxygen atoms in total. The molecule has 4 aromatic rings. The lowest BCUT2D eigenvalue weighted by molar-refractivity contribution is 0.415. The number of ether oxygens (including phenoxy) is 1. The summed E-state index contributed by atoms with van der Waals surface area (Å²) >= 11 is 1.78. The molecule has 0 radical (unpaired) electrons. The SMILES string of the molecule is COc1cccc2c1-c1c(-c3ccc(C)cc3)oc3cccc(c13)S2. The average Bonchev–Trinajstić information content (AvgIpc) is 3.03. The molecule has 0 fully saturated rings. The molecule has 1 aromatic heterocycles. The van der Waals surface area contributed by atoms with Gasteiger partial charge in [0.2, 0.25) is 0 Å². The van der Waals surface area contributed by atoms with Crippen LogP contribution >= 0.6 is 11.8 Å². The van der Waals surface area contributed by atoms with E-state index in [1.165, 1.54) is 20.7 Å². The number of benzene rings is 3. The highest BCUT2D eigenvalue weighted by Crippen LogP contribution is 2.55. The molecular formula is C22H16O2S. The van der Waals surface area contributed by atoms with Crippen molar-refractivity contribution in [1.82, 2.24) is 0 Å². The van der Waals surface area contributed by atoms with Crippen molar-refractivity contribution in [3.8, 4) is 28.2 Å². The summed E-state index contributed by atoms with van der Waals surface area (Å²) in [5.41, 5.74) is 5.52. The Morgan fingerprint density at radius 2 is 1.60 bits per heavy atom. The second-order valence-electron chi connectivity index (χ2n) is 6.24. The van der Waals surface area contributed by atoms with Gasteiger partial charge in [-0.1, -0.05) is 53.7 Å². The van der Waals surface area contributed by atoms with Crippen molar-refractivity contribution in [3.05, 3.63) is 66.2 Å². The van der Waals surface area contributed by atoms with Crippen molar-refractivity contribution in [1.29, 1.82) is 0 Å². The number of furan rings is 1. The molecule has 1 aliphatic heterocycles. The molecule has 25 heavy (non-hydrogen) atoms. The van der Waals surface area contributed by atoms with Crippen molar-refractivity contribution < 1.29 is 9.15 Å². The summed E-state index contributed by atoms with van der Waals surface area (Å²) < 4.78 is 12.0. The zero-order chi connectivity index (χ0) is 17.0. The van der Waals surface area contributed by atoms with Crippen molar-refractivity contribution in [2.24, 2.45) is 0 Å². The maximum atomic E-state index is 6.32. The van der Waals surface area contributed by atoms with Crippen LogP contribution < -0.4 is 4.74 Å². The third kappa shape index (κ3) is 2.12. The predicted molar refractivity (Wildman–Crippen MR) is 102 cm³/mol. The topological polar surface area (TPSA) is 22.4 Å². The van der Waals surface area contributed by atoms with Crippen LogP contribution in [0.15, 0.2) is 74.9 Å². The minimum Gasteiger partial charge on any atom is -0.496 e. The lowest BCUT2D eigenvalue weighted by atomic mass is 9.97. The normalized spacial score (nSPS) is 12.2. The first-order valence-electron chi connectivity index (χ1n) is 8.24. The molecule has 0 spiro atoms. The monoisotopic (exact) mass is 344 g/mol. The Morgan fingerprint density at radius 3 is 2.40 bits per heavy atom. The molecule has 0 atom stereocenters. The third-order valence-corrected chi connectivity index (χ3v) is 5.79. The van der Waals surface area contributed by atoms with Crippen molar-refractivity contribution in [2.75, 3.05) is 7.11 Å². The number of rotatable bonds is 2. The van der Waals surface area contributed by atoms with Gasteiger partial charge in [0.1, 0.15) is 17.1 Å². The Balaban J connectivity index is 1.91. The molecule has 3 heteroatoms. The smallest absolute Gasteiger partial charge is 0.143 e. The van der Waals surface area contributed by atoms with Gasteiger partial charge in [0.25, 0.3) is 0 Å². The standard InChI is InChI=1S/C22H16O2S/c1-13-9-11-14(12-10-13)22-21-19-15(23-2)5-3-7-17(19)25-18-8-4-6-16(24-22)20(18)21/h3-12H,1-2H3. The molecule has 0 saturated heterocycles. The van der Waals surface area contributed by atoms with Crippen LogP contribution in [0.2, 0.25) is 0 Å². The highest BCUT2D eigenvalue weighted by molar-refractivity contribution is 7.99. The highest BCUT2D eigenvalue weighted by Gasteiger charge is 2.28. The summed E-state index contributed by atoms with van der Waals surface area (Å²) in [6.45, 7) is 2.10. The third-order valence-electron chi connectivity index (χ3n) is 4.67. The van der Waals surface area contributed by atoms with Crippen molar-refractivity contribution in [2.45, 2.75) is 16.7 Å². The van der Waals surface area contributed by atoms with Crippen LogP contribution in [0.25, 0.3) is 33.4 Å². The zero-order valence-corrected chi connectivity index (χ0v) is 14.8. The Bertz CT molecular complexity index is 1110. The summed E-state index contributed by atoms with van der Waals surface area (Å²) in [7, 11) is 1.73. The number of methoxy groups -OCH3 is 1. The molecule has 122 valence electrons. The summed E-state index contributed by atoms with van der Waals surface area (Å²) in [5.74, 6) is 1.80. The largest absolute Gasteiger partial charge is 0.496 e. The number of fused-ring (bicyclic) bond motifs is 2. The van der Waals surface area contributed by atoms with Crippen LogP contribution in [0, 0.1) is 6.92 Å². The summed E-state index contributed by atoms with van der Waals surface area (Å²) in [6.07, 6.45) is 0. The van der Waals surface area contributed by atoms with E-state index >= 15 is 0 Å². The van der Waals surface area contributed by atoms with Crippen LogP contribution in [-0.2, 0) is 0 Å². The van der Waals surface area contributed by atoms with Crippen LogP contribution in [0.1, 0.15) is 5.56 Å². The second-order valence-corrected chi connectivity index (χ2v) is 7.32. The molecule has 0 saturated carbocycles. The van der Waals surface area contributed by atoms with Gasteiger partial charge in [0.15, 0.2) is 0 Å². The molecular weight excluding hydrogens is 328 g/mol. The first-order valence-corrected chi connectivity index (χ1v) is 9.05. The van der Waals surface area contributed by atoms with Crippen LogP contribution in [0.5, 0.6) is 5.75 Å². The lowest BCUT2D eigenvalue weighted by Crippen LogP contribution is -1.95. The van der Waals surface area contributed by atoms with Gasteiger partial charge in [-0.05, 0) is 31.2 Å². The Hall–Kier alpha value is -2.65. The molecule has 3 aromatic carbocycles. The Morgan fingerprint density at radius 1 is 0.840 bits per heavy atom. The Kier molecular flexibility index (Phi) is 3.19. The van der Waals surface area contributed by atoms with Gasteiger partial charge in [-0.15, -0.1) is 0 Å². The van der Waals surface area contributed by atoms with E-state index in [1.807, 2.05) is 18.2 Å². The molecule has 0 unspecified atom stereocenters. The van der Waals surface area contributed by atoms with Crippen molar-refractivity contribution >= 4 is 22.7 Å². The van der Waals surface area contributed by atoms with Gasteiger partial charge in [-0.3, -0.25) is 0 Å². The quantitative estimate of drug-likeness (QED) is 0.362. The minimum absolute atomic E-state index is 0.885. The lowest BCUT2D eigenvalue weighted by Gasteiger charge is -2.19. The molecule has 5 rings (SSSR count). The molecule has 1 aliphatic rings. The first kappa shape index (κ1) is 14.7. The summed E-state index contributed by atoms with van der Waals surface area (Å²) in [4.78, 5) is 2.43. The fourth-order valence-electron chi connectivity index (χ4n) is 3.48. The van der Waals surface area contributed by atoms with E-state index in [-0.39, 0.29) is 0 Å². The summed E-state index contributed by atoms with van der Waals surface area (Å²) in [6, 6.07) is 21.0. The fourth-order valence-corrected chi connectivity index (χ4v) is 4.62. The van der Waals surface area contributed by atoms with Gasteiger partial charge < -0.3 is 9.15 Å². The Labute approximate surface area is 150 Å². The van der Waals surface area contributed by atoms with E-state index in [1.54, 1.807) is 18.9 Å². The van der Waals surface area contributed by atoms with E-state index in [4.69, 9.17) is 9.15 Å². The van der Waals surface area contributed by atoms with Crippen molar-refractivity contribution in [3.63, 3.8) is 0 Å². The molecule has 2 heterocycles.